The zero-order chi connectivity index (χ0) is 27.1. The predicted molar refractivity (Wildman–Crippen MR) is 154 cm³/mol. The van der Waals surface area contributed by atoms with E-state index in [4.69, 9.17) is 11.6 Å². The number of hydrogen-bond acceptors (Lipinski definition) is 3. The van der Waals surface area contributed by atoms with Gasteiger partial charge in [-0.25, -0.2) is 0 Å². The average molecular weight is 520 g/mol. The fraction of sp³-hybridized carbons (Fsp3) is 0.355. The lowest BCUT2D eigenvalue weighted by Crippen LogP contribution is -2.43. The summed E-state index contributed by atoms with van der Waals surface area (Å²) in [5, 5.41) is 3.38. The first kappa shape index (κ1) is 28.3. The molecule has 3 aromatic rings. The SMILES string of the molecule is CC[C@H](C(=O)N(Cc1cc(NC(=O)c2ccccc2Cl)ccc1N(C)C)[C@@H](C)C(C)C)c1ccccc1. The minimum atomic E-state index is -0.271. The molecule has 196 valence electrons. The molecular weight excluding hydrogens is 482 g/mol. The fourth-order valence-corrected chi connectivity index (χ4v) is 4.70. The van der Waals surface area contributed by atoms with Crippen LogP contribution in [-0.2, 0) is 11.3 Å². The number of nitrogens with one attached hydrogen (secondary N) is 1. The Morgan fingerprint density at radius 2 is 1.57 bits per heavy atom. The first-order chi connectivity index (χ1) is 17.6. The Bertz CT molecular complexity index is 1210. The Morgan fingerprint density at radius 1 is 0.919 bits per heavy atom. The molecule has 5 nitrogen and oxygen atoms in total. The number of nitrogens with zero attached hydrogens (tertiary/aromatic N) is 2. The predicted octanol–water partition coefficient (Wildman–Crippen LogP) is 7.23. The molecule has 0 saturated heterocycles. The summed E-state index contributed by atoms with van der Waals surface area (Å²) in [6.45, 7) is 8.89. The highest BCUT2D eigenvalue weighted by Crippen LogP contribution is 2.30. The van der Waals surface area contributed by atoms with Gasteiger partial charge in [-0.3, -0.25) is 9.59 Å². The van der Waals surface area contributed by atoms with E-state index >= 15 is 0 Å². The molecule has 0 aromatic heterocycles. The van der Waals surface area contributed by atoms with Gasteiger partial charge in [0.25, 0.3) is 5.91 Å². The van der Waals surface area contributed by atoms with Gasteiger partial charge < -0.3 is 15.1 Å². The van der Waals surface area contributed by atoms with Crippen molar-refractivity contribution in [2.24, 2.45) is 5.92 Å². The molecule has 37 heavy (non-hydrogen) atoms. The van der Waals surface area contributed by atoms with Crippen LogP contribution < -0.4 is 10.2 Å². The Morgan fingerprint density at radius 3 is 2.16 bits per heavy atom. The van der Waals surface area contributed by atoms with Crippen molar-refractivity contribution in [3.05, 3.63) is 94.5 Å². The highest BCUT2D eigenvalue weighted by molar-refractivity contribution is 6.34. The number of benzene rings is 3. The van der Waals surface area contributed by atoms with Crippen LogP contribution in [0, 0.1) is 5.92 Å². The smallest absolute Gasteiger partial charge is 0.257 e. The molecule has 2 atom stereocenters. The first-order valence-electron chi connectivity index (χ1n) is 12.9. The van der Waals surface area contributed by atoms with Gasteiger partial charge in [-0.2, -0.15) is 0 Å². The summed E-state index contributed by atoms with van der Waals surface area (Å²) in [7, 11) is 3.97. The van der Waals surface area contributed by atoms with Crippen LogP contribution in [0.1, 0.15) is 61.5 Å². The topological polar surface area (TPSA) is 52.7 Å². The summed E-state index contributed by atoms with van der Waals surface area (Å²) in [5.41, 5.74) is 4.07. The molecule has 3 aromatic carbocycles. The molecule has 6 heteroatoms. The van der Waals surface area contributed by atoms with Crippen molar-refractivity contribution in [2.75, 3.05) is 24.3 Å². The van der Waals surface area contributed by atoms with E-state index in [0.29, 0.717) is 22.8 Å². The second-order valence-corrected chi connectivity index (χ2v) is 10.4. The number of carbonyl (C=O) groups is 2. The maximum absolute atomic E-state index is 14.0. The number of hydrogen-bond donors (Lipinski definition) is 1. The summed E-state index contributed by atoms with van der Waals surface area (Å²) in [4.78, 5) is 31.0. The summed E-state index contributed by atoms with van der Waals surface area (Å²) < 4.78 is 0. The van der Waals surface area contributed by atoms with Crippen LogP contribution in [0.25, 0.3) is 0 Å². The summed E-state index contributed by atoms with van der Waals surface area (Å²) in [6.07, 6.45) is 0.721. The van der Waals surface area contributed by atoms with Crippen LogP contribution in [0.3, 0.4) is 0 Å². The molecule has 0 spiro atoms. The third-order valence-corrected chi connectivity index (χ3v) is 7.26. The van der Waals surface area contributed by atoms with E-state index in [1.165, 1.54) is 0 Å². The van der Waals surface area contributed by atoms with E-state index in [2.05, 4.69) is 33.0 Å². The molecule has 3 rings (SSSR count). The van der Waals surface area contributed by atoms with Gasteiger partial charge in [-0.1, -0.05) is 74.8 Å². The quantitative estimate of drug-likeness (QED) is 0.307. The van der Waals surface area contributed by atoms with Crippen LogP contribution in [0.2, 0.25) is 5.02 Å². The van der Waals surface area contributed by atoms with Crippen molar-refractivity contribution < 1.29 is 9.59 Å². The zero-order valence-corrected chi connectivity index (χ0v) is 23.4. The van der Waals surface area contributed by atoms with Crippen LogP contribution in [0.5, 0.6) is 0 Å². The van der Waals surface area contributed by atoms with Gasteiger partial charge >= 0.3 is 0 Å². The number of carbonyl (C=O) groups excluding carboxylic acids is 2. The third-order valence-electron chi connectivity index (χ3n) is 6.93. The number of amides is 2. The summed E-state index contributed by atoms with van der Waals surface area (Å²) in [6, 6.07) is 22.8. The normalized spacial score (nSPS) is 12.6. The van der Waals surface area contributed by atoms with E-state index in [-0.39, 0.29) is 29.7 Å². The molecule has 0 unspecified atom stereocenters. The van der Waals surface area contributed by atoms with E-state index in [1.807, 2.05) is 72.4 Å². The average Bonchev–Trinajstić information content (AvgIpc) is 2.88. The van der Waals surface area contributed by atoms with Crippen LogP contribution in [-0.4, -0.2) is 36.9 Å². The van der Waals surface area contributed by atoms with E-state index in [9.17, 15) is 9.59 Å². The van der Waals surface area contributed by atoms with Crippen molar-refractivity contribution in [1.29, 1.82) is 0 Å². The number of rotatable bonds is 10. The Hall–Kier alpha value is -3.31. The lowest BCUT2D eigenvalue weighted by molar-refractivity contribution is -0.136. The van der Waals surface area contributed by atoms with Gasteiger partial charge in [0.1, 0.15) is 0 Å². The Balaban J connectivity index is 1.97. The highest BCUT2D eigenvalue weighted by Gasteiger charge is 2.30. The minimum absolute atomic E-state index is 0.0293. The Kier molecular flexibility index (Phi) is 9.76. The van der Waals surface area contributed by atoms with E-state index in [0.717, 1.165) is 23.2 Å². The molecule has 0 aliphatic carbocycles. The maximum Gasteiger partial charge on any atom is 0.257 e. The van der Waals surface area contributed by atoms with Gasteiger partial charge in [-0.15, -0.1) is 0 Å². The van der Waals surface area contributed by atoms with Crippen molar-refractivity contribution in [3.8, 4) is 0 Å². The second kappa shape index (κ2) is 12.8. The van der Waals surface area contributed by atoms with Gasteiger partial charge in [0.15, 0.2) is 0 Å². The molecule has 0 saturated carbocycles. The van der Waals surface area contributed by atoms with E-state index < -0.39 is 0 Å². The monoisotopic (exact) mass is 519 g/mol. The van der Waals surface area contributed by atoms with Crippen LogP contribution >= 0.6 is 11.6 Å². The van der Waals surface area contributed by atoms with Crippen molar-refractivity contribution in [3.63, 3.8) is 0 Å². The molecule has 0 bridgehead atoms. The number of halogens is 1. The molecule has 0 aliphatic rings. The number of anilines is 2. The fourth-order valence-electron chi connectivity index (χ4n) is 4.47. The molecule has 0 aliphatic heterocycles. The van der Waals surface area contributed by atoms with Gasteiger partial charge in [-0.05, 0) is 60.7 Å². The van der Waals surface area contributed by atoms with Crippen LogP contribution in [0.15, 0.2) is 72.8 Å². The molecule has 0 fully saturated rings. The second-order valence-electron chi connectivity index (χ2n) is 9.99. The molecular formula is C31H38ClN3O2. The first-order valence-corrected chi connectivity index (χ1v) is 13.2. The minimum Gasteiger partial charge on any atom is -0.377 e. The molecule has 0 heterocycles. The third kappa shape index (κ3) is 6.92. The van der Waals surface area contributed by atoms with Gasteiger partial charge in [0.2, 0.25) is 5.91 Å². The highest BCUT2D eigenvalue weighted by atomic mass is 35.5. The van der Waals surface area contributed by atoms with E-state index in [1.54, 1.807) is 24.3 Å². The largest absolute Gasteiger partial charge is 0.377 e. The van der Waals surface area contributed by atoms with Crippen molar-refractivity contribution in [1.82, 2.24) is 4.90 Å². The summed E-state index contributed by atoms with van der Waals surface area (Å²) in [5.74, 6) is -0.0886. The van der Waals surface area contributed by atoms with Crippen molar-refractivity contribution >= 4 is 34.8 Å². The molecule has 0 radical (unpaired) electrons. The molecule has 2 amide bonds. The Labute approximate surface area is 226 Å². The standard InChI is InChI=1S/C31H38ClN3O2/c1-7-26(23-13-9-8-10-14-23)31(37)35(22(4)21(2)3)20-24-19-25(17-18-29(24)34(5)6)33-30(36)27-15-11-12-16-28(27)32/h8-19,21-22,26H,7,20H2,1-6H3,(H,33,36)/t22-,26-/m0/s1. The van der Waals surface area contributed by atoms with Gasteiger partial charge in [0.05, 0.1) is 16.5 Å². The molecule has 1 N–H and O–H groups in total. The van der Waals surface area contributed by atoms with Gasteiger partial charge in [0, 0.05) is 38.1 Å². The lowest BCUT2D eigenvalue weighted by Gasteiger charge is -2.36. The van der Waals surface area contributed by atoms with Crippen LogP contribution in [0.4, 0.5) is 11.4 Å². The summed E-state index contributed by atoms with van der Waals surface area (Å²) >= 11 is 6.23. The lowest BCUT2D eigenvalue weighted by atomic mass is 9.92. The maximum atomic E-state index is 14.0. The zero-order valence-electron chi connectivity index (χ0n) is 22.7. The van der Waals surface area contributed by atoms with Crippen molar-refractivity contribution in [2.45, 2.75) is 52.6 Å².